The molecule has 0 aliphatic heterocycles. The second-order valence-electron chi connectivity index (χ2n) is 5.84. The van der Waals surface area contributed by atoms with Gasteiger partial charge in [0, 0.05) is 22.4 Å². The highest BCUT2D eigenvalue weighted by Gasteiger charge is 2.18. The van der Waals surface area contributed by atoms with E-state index in [1.165, 1.54) is 19.3 Å². The van der Waals surface area contributed by atoms with Crippen LogP contribution in [0, 0.1) is 0 Å². The van der Waals surface area contributed by atoms with Crippen LogP contribution in [-0.4, -0.2) is 16.9 Å². The van der Waals surface area contributed by atoms with Gasteiger partial charge in [0.1, 0.15) is 5.82 Å². The lowest BCUT2D eigenvalue weighted by molar-refractivity contribution is 0.102. The normalized spacial score (nSPS) is 15.2. The Hall–Kier alpha value is -1.88. The number of benzene rings is 1. The number of rotatable bonds is 4. The number of nitrogens with one attached hydrogen (secondary N) is 2. The molecule has 0 bridgehead atoms. The molecule has 3 rings (SSSR count). The summed E-state index contributed by atoms with van der Waals surface area (Å²) in [5, 5.41) is 6.37. The van der Waals surface area contributed by atoms with Crippen molar-refractivity contribution >= 4 is 33.3 Å². The lowest BCUT2D eigenvalue weighted by Crippen LogP contribution is -2.25. The van der Waals surface area contributed by atoms with Crippen LogP contribution in [0.2, 0.25) is 0 Å². The zero-order valence-corrected chi connectivity index (χ0v) is 14.5. The molecule has 0 atom stereocenters. The zero-order chi connectivity index (χ0) is 16.1. The molecule has 120 valence electrons. The zero-order valence-electron chi connectivity index (χ0n) is 12.9. The topological polar surface area (TPSA) is 54.0 Å². The summed E-state index contributed by atoms with van der Waals surface area (Å²) in [5.41, 5.74) is 1.34. The van der Waals surface area contributed by atoms with Crippen LogP contribution in [0.1, 0.15) is 42.5 Å². The van der Waals surface area contributed by atoms with Crippen LogP contribution in [0.5, 0.6) is 0 Å². The van der Waals surface area contributed by atoms with Gasteiger partial charge in [0.05, 0.1) is 5.56 Å². The minimum atomic E-state index is -0.144. The minimum Gasteiger partial charge on any atom is -0.367 e. The molecule has 0 spiro atoms. The summed E-state index contributed by atoms with van der Waals surface area (Å²) < 4.78 is 0.932. The molecule has 1 fully saturated rings. The van der Waals surface area contributed by atoms with Gasteiger partial charge >= 0.3 is 0 Å². The first-order chi connectivity index (χ1) is 11.2. The van der Waals surface area contributed by atoms with Crippen molar-refractivity contribution in [2.45, 2.75) is 38.1 Å². The van der Waals surface area contributed by atoms with E-state index in [0.717, 1.165) is 23.0 Å². The molecule has 2 aromatic rings. The van der Waals surface area contributed by atoms with Gasteiger partial charge in [0.15, 0.2) is 0 Å². The van der Waals surface area contributed by atoms with E-state index in [4.69, 9.17) is 0 Å². The summed E-state index contributed by atoms with van der Waals surface area (Å²) in [6.45, 7) is 0. The molecule has 1 aliphatic rings. The Labute approximate surface area is 144 Å². The van der Waals surface area contributed by atoms with E-state index in [2.05, 4.69) is 31.5 Å². The Morgan fingerprint density at radius 3 is 2.74 bits per heavy atom. The molecule has 1 aliphatic carbocycles. The molecule has 0 saturated heterocycles. The third-order valence-electron chi connectivity index (χ3n) is 4.08. The van der Waals surface area contributed by atoms with E-state index < -0.39 is 0 Å². The van der Waals surface area contributed by atoms with Crippen molar-refractivity contribution in [3.8, 4) is 0 Å². The molecule has 1 aromatic heterocycles. The summed E-state index contributed by atoms with van der Waals surface area (Å²) in [5.74, 6) is 0.529. The van der Waals surface area contributed by atoms with E-state index in [0.29, 0.717) is 17.4 Å². The van der Waals surface area contributed by atoms with Gasteiger partial charge in [-0.05, 0) is 43.2 Å². The van der Waals surface area contributed by atoms with Crippen LogP contribution in [0.4, 0.5) is 11.5 Å². The third kappa shape index (κ3) is 4.32. The average Bonchev–Trinajstić information content (AvgIpc) is 2.56. The lowest BCUT2D eigenvalue weighted by atomic mass is 9.95. The van der Waals surface area contributed by atoms with Crippen molar-refractivity contribution in [3.05, 3.63) is 52.6 Å². The van der Waals surface area contributed by atoms with Gasteiger partial charge in [-0.3, -0.25) is 4.79 Å². The molecule has 23 heavy (non-hydrogen) atoms. The molecule has 2 N–H and O–H groups in total. The van der Waals surface area contributed by atoms with Crippen LogP contribution in [0.25, 0.3) is 0 Å². The van der Waals surface area contributed by atoms with Crippen LogP contribution >= 0.6 is 15.9 Å². The fourth-order valence-electron chi connectivity index (χ4n) is 2.91. The van der Waals surface area contributed by atoms with Crippen molar-refractivity contribution < 1.29 is 4.79 Å². The van der Waals surface area contributed by atoms with Crippen LogP contribution in [-0.2, 0) is 0 Å². The average molecular weight is 374 g/mol. The van der Waals surface area contributed by atoms with E-state index >= 15 is 0 Å². The van der Waals surface area contributed by atoms with Crippen molar-refractivity contribution in [1.82, 2.24) is 4.98 Å². The van der Waals surface area contributed by atoms with Crippen molar-refractivity contribution in [3.63, 3.8) is 0 Å². The van der Waals surface area contributed by atoms with Gasteiger partial charge in [-0.2, -0.15) is 0 Å². The standard InChI is InChI=1S/C18H20BrN3O/c19-13-6-4-9-15(12-13)22-18(23)16-10-5-11-20-17(16)21-14-7-2-1-3-8-14/h4-6,9-12,14H,1-3,7-8H2,(H,20,21)(H,22,23). The summed E-state index contributed by atoms with van der Waals surface area (Å²) in [6, 6.07) is 11.6. The van der Waals surface area contributed by atoms with Crippen LogP contribution in [0.15, 0.2) is 47.1 Å². The van der Waals surface area contributed by atoms with E-state index in [9.17, 15) is 4.79 Å². The molecule has 1 amide bonds. The quantitative estimate of drug-likeness (QED) is 0.805. The van der Waals surface area contributed by atoms with Gasteiger partial charge in [-0.1, -0.05) is 41.3 Å². The second kappa shape index (κ2) is 7.59. The predicted octanol–water partition coefficient (Wildman–Crippen LogP) is 4.84. The SMILES string of the molecule is O=C(Nc1cccc(Br)c1)c1cccnc1NC1CCCCC1. The number of carbonyl (C=O) groups excluding carboxylic acids is 1. The Morgan fingerprint density at radius 2 is 1.96 bits per heavy atom. The minimum absolute atomic E-state index is 0.144. The number of hydrogen-bond donors (Lipinski definition) is 2. The fraction of sp³-hybridized carbons (Fsp3) is 0.333. The highest BCUT2D eigenvalue weighted by Crippen LogP contribution is 2.23. The lowest BCUT2D eigenvalue weighted by Gasteiger charge is -2.24. The van der Waals surface area contributed by atoms with Gasteiger partial charge in [0.2, 0.25) is 0 Å². The number of anilines is 2. The maximum atomic E-state index is 12.6. The highest BCUT2D eigenvalue weighted by atomic mass is 79.9. The third-order valence-corrected chi connectivity index (χ3v) is 4.57. The largest absolute Gasteiger partial charge is 0.367 e. The van der Waals surface area contributed by atoms with E-state index in [-0.39, 0.29) is 5.91 Å². The Kier molecular flexibility index (Phi) is 5.28. The number of pyridine rings is 1. The van der Waals surface area contributed by atoms with Gasteiger partial charge in [-0.25, -0.2) is 4.98 Å². The summed E-state index contributed by atoms with van der Waals surface area (Å²) >= 11 is 3.41. The van der Waals surface area contributed by atoms with Gasteiger partial charge < -0.3 is 10.6 Å². The summed E-state index contributed by atoms with van der Waals surface area (Å²) in [4.78, 5) is 17.0. The van der Waals surface area contributed by atoms with Crippen LogP contribution < -0.4 is 10.6 Å². The van der Waals surface area contributed by atoms with Crippen molar-refractivity contribution in [2.24, 2.45) is 0 Å². The maximum Gasteiger partial charge on any atom is 0.259 e. The molecule has 0 unspecified atom stereocenters. The molecular weight excluding hydrogens is 354 g/mol. The molecule has 0 radical (unpaired) electrons. The Bertz CT molecular complexity index is 683. The first kappa shape index (κ1) is 16.0. The number of hydrogen-bond acceptors (Lipinski definition) is 3. The first-order valence-electron chi connectivity index (χ1n) is 8.01. The Balaban J connectivity index is 1.74. The molecule has 4 nitrogen and oxygen atoms in total. The summed E-state index contributed by atoms with van der Waals surface area (Å²) in [6.07, 6.45) is 7.79. The predicted molar refractivity (Wildman–Crippen MR) is 96.8 cm³/mol. The van der Waals surface area contributed by atoms with Gasteiger partial charge in [-0.15, -0.1) is 0 Å². The number of amides is 1. The van der Waals surface area contributed by atoms with Crippen molar-refractivity contribution in [2.75, 3.05) is 10.6 Å². The number of aromatic nitrogens is 1. The van der Waals surface area contributed by atoms with Crippen LogP contribution in [0.3, 0.4) is 0 Å². The number of nitrogens with zero attached hydrogens (tertiary/aromatic N) is 1. The second-order valence-corrected chi connectivity index (χ2v) is 6.76. The molecular formula is C18H20BrN3O. The molecule has 1 saturated carbocycles. The molecule has 1 heterocycles. The first-order valence-corrected chi connectivity index (χ1v) is 8.80. The number of carbonyl (C=O) groups is 1. The van der Waals surface area contributed by atoms with Gasteiger partial charge in [0.25, 0.3) is 5.91 Å². The molecule has 1 aromatic carbocycles. The maximum absolute atomic E-state index is 12.6. The Morgan fingerprint density at radius 1 is 1.13 bits per heavy atom. The number of halogens is 1. The fourth-order valence-corrected chi connectivity index (χ4v) is 3.31. The monoisotopic (exact) mass is 373 g/mol. The van der Waals surface area contributed by atoms with E-state index in [1.807, 2.05) is 30.3 Å². The highest BCUT2D eigenvalue weighted by molar-refractivity contribution is 9.10. The van der Waals surface area contributed by atoms with Crippen molar-refractivity contribution in [1.29, 1.82) is 0 Å². The summed E-state index contributed by atoms with van der Waals surface area (Å²) in [7, 11) is 0. The smallest absolute Gasteiger partial charge is 0.259 e. The van der Waals surface area contributed by atoms with E-state index in [1.54, 1.807) is 12.3 Å². The molecule has 5 heteroatoms.